The Kier molecular flexibility index (Phi) is 3.48. The maximum Gasteiger partial charge on any atom is 0.380 e. The fourth-order valence-corrected chi connectivity index (χ4v) is 1.90. The van der Waals surface area contributed by atoms with E-state index in [9.17, 15) is 5.02 Å². The van der Waals surface area contributed by atoms with E-state index in [1.165, 1.54) is 0 Å². The molecule has 0 radical (unpaired) electrons. The Balaban J connectivity index is 2.07. The number of benzene rings is 1. The van der Waals surface area contributed by atoms with Gasteiger partial charge < -0.3 is 9.76 Å². The largest absolute Gasteiger partial charge is 0.463 e. The van der Waals surface area contributed by atoms with E-state index >= 15 is 0 Å². The van der Waals surface area contributed by atoms with E-state index < -0.39 is 7.05 Å². The van der Waals surface area contributed by atoms with Crippen LogP contribution >= 0.6 is 0 Å². The molecule has 1 aromatic carbocycles. The molecule has 1 fully saturated rings. The molecule has 0 aliphatic carbocycles. The highest BCUT2D eigenvalue weighted by Gasteiger charge is 2.35. The van der Waals surface area contributed by atoms with Crippen molar-refractivity contribution < 1.29 is 9.76 Å². The topological polar surface area (TPSA) is 35.9 Å². The lowest BCUT2D eigenvalue weighted by Crippen LogP contribution is -2.48. The van der Waals surface area contributed by atoms with Gasteiger partial charge in [0.2, 0.25) is 6.35 Å². The Hall–Kier alpha value is -1.04. The minimum absolute atomic E-state index is 0.178. The first-order valence-electron chi connectivity index (χ1n) is 5.54. The SMILES string of the molecule is CB(O)N1CCN(C)C1Oc1ccccc1. The number of hydrogen-bond donors (Lipinski definition) is 1. The predicted octanol–water partition coefficient (Wildman–Crippen LogP) is 0.707. The van der Waals surface area contributed by atoms with Crippen LogP contribution in [0.25, 0.3) is 0 Å². The van der Waals surface area contributed by atoms with E-state index in [0.29, 0.717) is 0 Å². The van der Waals surface area contributed by atoms with Crippen LogP contribution in [0.2, 0.25) is 6.82 Å². The summed E-state index contributed by atoms with van der Waals surface area (Å²) in [4.78, 5) is 4.01. The molecule has 5 heteroatoms. The first-order valence-corrected chi connectivity index (χ1v) is 5.54. The van der Waals surface area contributed by atoms with Gasteiger partial charge in [0, 0.05) is 13.1 Å². The van der Waals surface area contributed by atoms with E-state index in [0.717, 1.165) is 18.8 Å². The monoisotopic (exact) mass is 220 g/mol. The van der Waals surface area contributed by atoms with Gasteiger partial charge in [0.25, 0.3) is 0 Å². The smallest absolute Gasteiger partial charge is 0.380 e. The van der Waals surface area contributed by atoms with Crippen molar-refractivity contribution in [3.8, 4) is 5.75 Å². The van der Waals surface area contributed by atoms with Gasteiger partial charge in [-0.1, -0.05) is 18.2 Å². The third-order valence-electron chi connectivity index (χ3n) is 2.84. The second kappa shape index (κ2) is 4.87. The molecule has 0 bridgehead atoms. The first-order chi connectivity index (χ1) is 7.68. The highest BCUT2D eigenvalue weighted by Crippen LogP contribution is 2.19. The molecule has 4 nitrogen and oxygen atoms in total. The third-order valence-corrected chi connectivity index (χ3v) is 2.84. The zero-order chi connectivity index (χ0) is 11.5. The van der Waals surface area contributed by atoms with Gasteiger partial charge in [0.1, 0.15) is 5.75 Å². The van der Waals surface area contributed by atoms with Gasteiger partial charge in [0.15, 0.2) is 0 Å². The summed E-state index contributed by atoms with van der Waals surface area (Å²) in [6.07, 6.45) is -0.178. The molecule has 0 amide bonds. The Morgan fingerprint density at radius 2 is 2.00 bits per heavy atom. The van der Waals surface area contributed by atoms with Crippen molar-refractivity contribution in [2.45, 2.75) is 13.2 Å². The maximum absolute atomic E-state index is 9.64. The standard InChI is InChI=1S/C11H17BN2O2/c1-12(15)14-9-8-13(2)11(14)16-10-6-4-3-5-7-10/h3-7,11,15H,8-9H2,1-2H3. The highest BCUT2D eigenvalue weighted by molar-refractivity contribution is 6.45. The van der Waals surface area contributed by atoms with Gasteiger partial charge in [-0.25, -0.2) is 0 Å². The van der Waals surface area contributed by atoms with Crippen molar-refractivity contribution in [2.24, 2.45) is 0 Å². The summed E-state index contributed by atoms with van der Waals surface area (Å²) < 4.78 is 5.85. The molecule has 86 valence electrons. The molecule has 1 aromatic rings. The molecule has 2 rings (SSSR count). The highest BCUT2D eigenvalue weighted by atomic mass is 16.5. The summed E-state index contributed by atoms with van der Waals surface area (Å²) in [5.41, 5.74) is 0. The second-order valence-corrected chi connectivity index (χ2v) is 4.11. The van der Waals surface area contributed by atoms with Crippen LogP contribution in [0, 0.1) is 0 Å². The molecule has 1 heterocycles. The molecular weight excluding hydrogens is 203 g/mol. The van der Waals surface area contributed by atoms with Crippen LogP contribution < -0.4 is 4.74 Å². The number of nitrogens with zero attached hydrogens (tertiary/aromatic N) is 2. The molecule has 1 saturated heterocycles. The lowest BCUT2D eigenvalue weighted by atomic mass is 9.86. The molecule has 1 atom stereocenters. The van der Waals surface area contributed by atoms with Gasteiger partial charge in [-0.05, 0) is 26.0 Å². The Bertz CT molecular complexity index is 334. The summed E-state index contributed by atoms with van der Waals surface area (Å²) in [5.74, 6) is 0.826. The van der Waals surface area contributed by atoms with Crippen LogP contribution in [0.15, 0.2) is 30.3 Å². The van der Waals surface area contributed by atoms with Crippen LogP contribution in [-0.4, -0.2) is 48.3 Å². The maximum atomic E-state index is 9.64. The lowest BCUT2D eigenvalue weighted by Gasteiger charge is -2.28. The summed E-state index contributed by atoms with van der Waals surface area (Å²) in [5, 5.41) is 9.64. The normalized spacial score (nSPS) is 22.3. The van der Waals surface area contributed by atoms with Crippen LogP contribution in [0.3, 0.4) is 0 Å². The van der Waals surface area contributed by atoms with Gasteiger partial charge in [-0.15, -0.1) is 0 Å². The predicted molar refractivity (Wildman–Crippen MR) is 64.0 cm³/mol. The van der Waals surface area contributed by atoms with Crippen LogP contribution in [0.1, 0.15) is 0 Å². The molecule has 16 heavy (non-hydrogen) atoms. The van der Waals surface area contributed by atoms with E-state index in [2.05, 4.69) is 4.90 Å². The molecular formula is C11H17BN2O2. The van der Waals surface area contributed by atoms with E-state index in [4.69, 9.17) is 4.74 Å². The van der Waals surface area contributed by atoms with Crippen LogP contribution in [0.4, 0.5) is 0 Å². The average molecular weight is 220 g/mol. The number of ether oxygens (including phenoxy) is 1. The Morgan fingerprint density at radius 3 is 2.62 bits per heavy atom. The molecule has 1 aliphatic heterocycles. The van der Waals surface area contributed by atoms with Crippen molar-refractivity contribution in [3.63, 3.8) is 0 Å². The van der Waals surface area contributed by atoms with Gasteiger partial charge in [-0.3, -0.25) is 9.71 Å². The number of para-hydroxylation sites is 1. The van der Waals surface area contributed by atoms with Crippen molar-refractivity contribution in [2.75, 3.05) is 20.1 Å². The summed E-state index contributed by atoms with van der Waals surface area (Å²) in [6, 6.07) is 9.68. The number of likely N-dealkylation sites (N-methyl/N-ethyl adjacent to an activating group) is 1. The number of hydrogen-bond acceptors (Lipinski definition) is 4. The van der Waals surface area contributed by atoms with Crippen molar-refractivity contribution in [1.82, 2.24) is 9.71 Å². The van der Waals surface area contributed by atoms with E-state index in [-0.39, 0.29) is 6.35 Å². The minimum atomic E-state index is -0.487. The number of rotatable bonds is 3. The fourth-order valence-electron chi connectivity index (χ4n) is 1.90. The van der Waals surface area contributed by atoms with Gasteiger partial charge >= 0.3 is 7.05 Å². The summed E-state index contributed by atoms with van der Waals surface area (Å²) >= 11 is 0. The summed E-state index contributed by atoms with van der Waals surface area (Å²) in [7, 11) is 1.51. The van der Waals surface area contributed by atoms with E-state index in [1.807, 2.05) is 42.2 Å². The van der Waals surface area contributed by atoms with Crippen molar-refractivity contribution in [1.29, 1.82) is 0 Å². The molecule has 1 unspecified atom stereocenters. The zero-order valence-corrected chi connectivity index (χ0v) is 9.71. The zero-order valence-electron chi connectivity index (χ0n) is 9.71. The van der Waals surface area contributed by atoms with Crippen molar-refractivity contribution >= 4 is 7.05 Å². The molecule has 0 aromatic heterocycles. The van der Waals surface area contributed by atoms with E-state index in [1.54, 1.807) is 6.82 Å². The van der Waals surface area contributed by atoms with Gasteiger partial charge in [0.05, 0.1) is 0 Å². The molecule has 1 N–H and O–H groups in total. The molecule has 0 saturated carbocycles. The Morgan fingerprint density at radius 1 is 1.31 bits per heavy atom. The molecule has 0 spiro atoms. The van der Waals surface area contributed by atoms with Crippen LogP contribution in [0.5, 0.6) is 5.75 Å². The molecule has 1 aliphatic rings. The van der Waals surface area contributed by atoms with Crippen LogP contribution in [-0.2, 0) is 0 Å². The minimum Gasteiger partial charge on any atom is -0.463 e. The summed E-state index contributed by atoms with van der Waals surface area (Å²) in [6.45, 7) is 3.49. The second-order valence-electron chi connectivity index (χ2n) is 4.11. The third kappa shape index (κ3) is 2.37. The van der Waals surface area contributed by atoms with Gasteiger partial charge in [-0.2, -0.15) is 0 Å². The fraction of sp³-hybridized carbons (Fsp3) is 0.455. The Labute approximate surface area is 96.6 Å². The average Bonchev–Trinajstić information content (AvgIpc) is 2.62. The lowest BCUT2D eigenvalue weighted by molar-refractivity contribution is 0.00859. The first kappa shape index (κ1) is 11.5. The van der Waals surface area contributed by atoms with Crippen molar-refractivity contribution in [3.05, 3.63) is 30.3 Å². The quantitative estimate of drug-likeness (QED) is 0.761.